The van der Waals surface area contributed by atoms with E-state index in [0.29, 0.717) is 0 Å². The molecular formula is C14H18S. The first-order chi connectivity index (χ1) is 7.04. The molecule has 0 atom stereocenters. The topological polar surface area (TPSA) is 0 Å². The predicted octanol–water partition coefficient (Wildman–Crippen LogP) is 3.66. The fraction of sp³-hybridized carbons (Fsp3) is 0.429. The zero-order chi connectivity index (χ0) is 11.3. The van der Waals surface area contributed by atoms with Gasteiger partial charge in [0.25, 0.3) is 0 Å². The van der Waals surface area contributed by atoms with Gasteiger partial charge in [0, 0.05) is 17.7 Å². The van der Waals surface area contributed by atoms with Crippen LogP contribution < -0.4 is 0 Å². The molecule has 80 valence electrons. The molecule has 0 saturated carbocycles. The summed E-state index contributed by atoms with van der Waals surface area (Å²) in [6.45, 7) is 6.65. The van der Waals surface area contributed by atoms with Gasteiger partial charge in [0.05, 0.1) is 0 Å². The molecule has 0 heterocycles. The van der Waals surface area contributed by atoms with Gasteiger partial charge in [0.15, 0.2) is 0 Å². The maximum Gasteiger partial charge on any atom is 0.0245 e. The second-order valence-electron chi connectivity index (χ2n) is 4.60. The second kappa shape index (κ2) is 5.28. The van der Waals surface area contributed by atoms with Crippen LogP contribution in [-0.2, 0) is 5.41 Å². The molecule has 0 spiro atoms. The number of hydrogen-bond donors (Lipinski definition) is 1. The van der Waals surface area contributed by atoms with Crippen LogP contribution in [0.5, 0.6) is 0 Å². The van der Waals surface area contributed by atoms with E-state index in [-0.39, 0.29) is 5.41 Å². The van der Waals surface area contributed by atoms with Crippen LogP contribution in [0.3, 0.4) is 0 Å². The monoisotopic (exact) mass is 218 g/mol. The first kappa shape index (κ1) is 12.2. The van der Waals surface area contributed by atoms with E-state index in [4.69, 9.17) is 0 Å². The Morgan fingerprint density at radius 3 is 2.20 bits per heavy atom. The lowest BCUT2D eigenvalue weighted by molar-refractivity contribution is 0.590. The van der Waals surface area contributed by atoms with E-state index in [2.05, 4.69) is 69.5 Å². The van der Waals surface area contributed by atoms with Gasteiger partial charge in [-0.1, -0.05) is 44.7 Å². The van der Waals surface area contributed by atoms with Crippen molar-refractivity contribution >= 4 is 12.6 Å². The fourth-order valence-electron chi connectivity index (χ4n) is 1.27. The Hall–Kier alpha value is -0.870. The van der Waals surface area contributed by atoms with Crippen molar-refractivity contribution in [1.82, 2.24) is 0 Å². The zero-order valence-electron chi connectivity index (χ0n) is 9.67. The van der Waals surface area contributed by atoms with E-state index >= 15 is 0 Å². The van der Waals surface area contributed by atoms with E-state index < -0.39 is 0 Å². The molecule has 0 amide bonds. The van der Waals surface area contributed by atoms with E-state index in [9.17, 15) is 0 Å². The summed E-state index contributed by atoms with van der Waals surface area (Å²) in [5, 5.41) is 0. The van der Waals surface area contributed by atoms with Crippen LogP contribution in [0.4, 0.5) is 0 Å². The van der Waals surface area contributed by atoms with E-state index in [0.717, 1.165) is 17.7 Å². The highest BCUT2D eigenvalue weighted by atomic mass is 32.1. The molecule has 0 aliphatic rings. The molecule has 0 aliphatic carbocycles. The molecule has 0 aliphatic heterocycles. The van der Waals surface area contributed by atoms with Crippen LogP contribution >= 0.6 is 12.6 Å². The van der Waals surface area contributed by atoms with Gasteiger partial charge >= 0.3 is 0 Å². The smallest absolute Gasteiger partial charge is 0.0245 e. The largest absolute Gasteiger partial charge is 0.178 e. The number of benzene rings is 1. The van der Waals surface area contributed by atoms with Crippen molar-refractivity contribution in [3.05, 3.63) is 35.4 Å². The third kappa shape index (κ3) is 4.01. The summed E-state index contributed by atoms with van der Waals surface area (Å²) < 4.78 is 0. The number of rotatable bonds is 1. The minimum Gasteiger partial charge on any atom is -0.178 e. The fourth-order valence-corrected chi connectivity index (χ4v) is 1.39. The molecule has 15 heavy (non-hydrogen) atoms. The first-order valence-corrected chi connectivity index (χ1v) is 5.87. The standard InChI is InChI=1S/C14H18S/c1-14(2,3)13-9-7-12(8-10-13)6-4-5-11-15/h7-10,15H,5,11H2,1-3H3. The molecule has 0 bridgehead atoms. The van der Waals surface area contributed by atoms with Crippen LogP contribution in [-0.4, -0.2) is 5.75 Å². The molecule has 1 aromatic carbocycles. The minimum absolute atomic E-state index is 0.219. The van der Waals surface area contributed by atoms with E-state index in [1.54, 1.807) is 0 Å². The van der Waals surface area contributed by atoms with Crippen molar-refractivity contribution < 1.29 is 0 Å². The average Bonchev–Trinajstić information content (AvgIpc) is 2.18. The lowest BCUT2D eigenvalue weighted by atomic mass is 9.87. The van der Waals surface area contributed by atoms with Crippen LogP contribution in [0.2, 0.25) is 0 Å². The normalized spacial score (nSPS) is 10.7. The van der Waals surface area contributed by atoms with Crippen molar-refractivity contribution in [1.29, 1.82) is 0 Å². The SMILES string of the molecule is CC(C)(C)c1ccc(C#CCCS)cc1. The summed E-state index contributed by atoms with van der Waals surface area (Å²) in [6.07, 6.45) is 0.851. The van der Waals surface area contributed by atoms with Crippen molar-refractivity contribution in [3.63, 3.8) is 0 Å². The van der Waals surface area contributed by atoms with Crippen LogP contribution in [0.1, 0.15) is 38.3 Å². The van der Waals surface area contributed by atoms with Crippen LogP contribution in [0, 0.1) is 11.8 Å². The van der Waals surface area contributed by atoms with Crippen LogP contribution in [0.25, 0.3) is 0 Å². The summed E-state index contributed by atoms with van der Waals surface area (Å²) in [5.41, 5.74) is 2.66. The molecule has 0 radical (unpaired) electrons. The van der Waals surface area contributed by atoms with Gasteiger partial charge < -0.3 is 0 Å². The molecule has 0 saturated heterocycles. The van der Waals surface area contributed by atoms with Crippen molar-refractivity contribution in [3.8, 4) is 11.8 Å². The molecule has 0 N–H and O–H groups in total. The maximum absolute atomic E-state index is 4.12. The van der Waals surface area contributed by atoms with Gasteiger partial charge in [0.2, 0.25) is 0 Å². The highest BCUT2D eigenvalue weighted by molar-refractivity contribution is 7.80. The second-order valence-corrected chi connectivity index (χ2v) is 5.05. The summed E-state index contributed by atoms with van der Waals surface area (Å²) in [5.74, 6) is 7.03. The molecule has 1 rings (SSSR count). The summed E-state index contributed by atoms with van der Waals surface area (Å²) >= 11 is 4.12. The van der Waals surface area contributed by atoms with E-state index in [1.165, 1.54) is 5.56 Å². The Kier molecular flexibility index (Phi) is 4.29. The van der Waals surface area contributed by atoms with Crippen molar-refractivity contribution in [2.45, 2.75) is 32.6 Å². The number of thiol groups is 1. The highest BCUT2D eigenvalue weighted by Crippen LogP contribution is 2.21. The number of hydrogen-bond acceptors (Lipinski definition) is 1. The lowest BCUT2D eigenvalue weighted by Gasteiger charge is -2.18. The highest BCUT2D eigenvalue weighted by Gasteiger charge is 2.12. The predicted molar refractivity (Wildman–Crippen MR) is 70.5 cm³/mol. The van der Waals surface area contributed by atoms with Crippen LogP contribution in [0.15, 0.2) is 24.3 Å². The lowest BCUT2D eigenvalue weighted by Crippen LogP contribution is -2.10. The van der Waals surface area contributed by atoms with Gasteiger partial charge in [-0.15, -0.1) is 0 Å². The molecular weight excluding hydrogens is 200 g/mol. The molecule has 0 nitrogen and oxygen atoms in total. The van der Waals surface area contributed by atoms with Gasteiger partial charge in [0.1, 0.15) is 0 Å². The molecule has 1 heteroatoms. The van der Waals surface area contributed by atoms with Gasteiger partial charge in [-0.3, -0.25) is 0 Å². The van der Waals surface area contributed by atoms with Gasteiger partial charge in [-0.05, 0) is 23.1 Å². The van der Waals surface area contributed by atoms with Gasteiger partial charge in [-0.2, -0.15) is 12.6 Å². The summed E-state index contributed by atoms with van der Waals surface area (Å²) in [4.78, 5) is 0. The molecule has 0 fully saturated rings. The Labute approximate surface area is 98.5 Å². The Bertz CT molecular complexity index is 357. The molecule has 0 unspecified atom stereocenters. The summed E-state index contributed by atoms with van der Waals surface area (Å²) in [6, 6.07) is 8.49. The quantitative estimate of drug-likeness (QED) is 0.540. The summed E-state index contributed by atoms with van der Waals surface area (Å²) in [7, 11) is 0. The first-order valence-electron chi connectivity index (χ1n) is 5.24. The van der Waals surface area contributed by atoms with E-state index in [1.807, 2.05) is 0 Å². The Morgan fingerprint density at radius 2 is 1.73 bits per heavy atom. The maximum atomic E-state index is 4.12. The molecule has 1 aromatic rings. The third-order valence-corrected chi connectivity index (χ3v) is 2.44. The van der Waals surface area contributed by atoms with Crippen molar-refractivity contribution in [2.75, 3.05) is 5.75 Å². The van der Waals surface area contributed by atoms with Gasteiger partial charge in [-0.25, -0.2) is 0 Å². The van der Waals surface area contributed by atoms with Crippen molar-refractivity contribution in [2.24, 2.45) is 0 Å². The Morgan fingerprint density at radius 1 is 1.13 bits per heavy atom. The average molecular weight is 218 g/mol. The molecule has 0 aromatic heterocycles. The minimum atomic E-state index is 0.219. The third-order valence-electron chi connectivity index (χ3n) is 2.22. The Balaban J connectivity index is 2.79. The zero-order valence-corrected chi connectivity index (χ0v) is 10.6.